The van der Waals surface area contributed by atoms with Gasteiger partial charge < -0.3 is 10.3 Å². The summed E-state index contributed by atoms with van der Waals surface area (Å²) >= 11 is 0. The molecular formula is C13H19N5O2S. The van der Waals surface area contributed by atoms with E-state index in [1.54, 1.807) is 43.7 Å². The summed E-state index contributed by atoms with van der Waals surface area (Å²) in [6.45, 7) is 3.86. The van der Waals surface area contributed by atoms with E-state index in [0.29, 0.717) is 17.9 Å². The molecule has 1 unspecified atom stereocenters. The van der Waals surface area contributed by atoms with Crippen LogP contribution in [-0.2, 0) is 23.6 Å². The lowest BCUT2D eigenvalue weighted by atomic mass is 10.1. The van der Waals surface area contributed by atoms with E-state index < -0.39 is 16.1 Å². The summed E-state index contributed by atoms with van der Waals surface area (Å²) in [6.07, 6.45) is 1.53. The number of nitrogens with zero attached hydrogens (tertiary/aromatic N) is 3. The number of sulfonamides is 1. The Hall–Kier alpha value is -1.77. The fourth-order valence-electron chi connectivity index (χ4n) is 2.17. The second kappa shape index (κ2) is 5.92. The molecule has 0 saturated heterocycles. The number of rotatable bonds is 5. The Labute approximate surface area is 124 Å². The van der Waals surface area contributed by atoms with Crippen LogP contribution >= 0.6 is 0 Å². The predicted octanol–water partition coefficient (Wildman–Crippen LogP) is 0.622. The Bertz CT molecular complexity index is 739. The zero-order valence-electron chi connectivity index (χ0n) is 12.2. The molecule has 0 aliphatic rings. The number of hydrogen-bond donors (Lipinski definition) is 2. The quantitative estimate of drug-likeness (QED) is 0.843. The second-order valence-electron chi connectivity index (χ2n) is 4.95. The highest BCUT2D eigenvalue weighted by atomic mass is 32.2. The fourth-order valence-corrected chi connectivity index (χ4v) is 3.60. The van der Waals surface area contributed by atoms with E-state index in [4.69, 9.17) is 5.73 Å². The monoisotopic (exact) mass is 309 g/mol. The Morgan fingerprint density at radius 3 is 2.67 bits per heavy atom. The van der Waals surface area contributed by atoms with E-state index in [1.165, 1.54) is 6.33 Å². The third-order valence-corrected chi connectivity index (χ3v) is 4.93. The van der Waals surface area contributed by atoms with Gasteiger partial charge in [0.05, 0.1) is 10.9 Å². The SMILES string of the molecule is Cc1cc(CN)ccc1S(=O)(=O)NC(C)c1nncn1C. The fraction of sp³-hybridized carbons (Fsp3) is 0.385. The van der Waals surface area contributed by atoms with Crippen LogP contribution in [0.1, 0.15) is 29.9 Å². The molecule has 114 valence electrons. The lowest BCUT2D eigenvalue weighted by Crippen LogP contribution is -2.29. The van der Waals surface area contributed by atoms with Crippen molar-refractivity contribution in [2.24, 2.45) is 12.8 Å². The van der Waals surface area contributed by atoms with Crippen LogP contribution in [0, 0.1) is 6.92 Å². The van der Waals surface area contributed by atoms with Crippen molar-refractivity contribution in [3.8, 4) is 0 Å². The zero-order valence-corrected chi connectivity index (χ0v) is 13.1. The second-order valence-corrected chi connectivity index (χ2v) is 6.63. The van der Waals surface area contributed by atoms with E-state index in [0.717, 1.165) is 5.56 Å². The Kier molecular flexibility index (Phi) is 4.40. The lowest BCUT2D eigenvalue weighted by molar-refractivity contribution is 0.552. The Morgan fingerprint density at radius 2 is 2.14 bits per heavy atom. The first-order chi connectivity index (χ1) is 9.85. The Balaban J connectivity index is 2.28. The van der Waals surface area contributed by atoms with E-state index >= 15 is 0 Å². The van der Waals surface area contributed by atoms with Gasteiger partial charge >= 0.3 is 0 Å². The minimum absolute atomic E-state index is 0.244. The molecule has 2 aromatic rings. The summed E-state index contributed by atoms with van der Waals surface area (Å²) in [4.78, 5) is 0.244. The van der Waals surface area contributed by atoms with E-state index in [9.17, 15) is 8.42 Å². The average Bonchev–Trinajstić information content (AvgIpc) is 2.84. The van der Waals surface area contributed by atoms with Crippen LogP contribution in [0.25, 0.3) is 0 Å². The maximum Gasteiger partial charge on any atom is 0.241 e. The van der Waals surface area contributed by atoms with Crippen LogP contribution in [0.15, 0.2) is 29.4 Å². The number of benzene rings is 1. The molecule has 1 atom stereocenters. The molecule has 21 heavy (non-hydrogen) atoms. The molecule has 1 heterocycles. The normalized spacial score (nSPS) is 13.3. The molecule has 1 aromatic heterocycles. The standard InChI is InChI=1S/C13H19N5O2S/c1-9-6-11(7-14)4-5-12(9)21(19,20)17-10(2)13-16-15-8-18(13)3/h4-6,8,10,17H,7,14H2,1-3H3. The van der Waals surface area contributed by atoms with E-state index in [-0.39, 0.29) is 4.90 Å². The summed E-state index contributed by atoms with van der Waals surface area (Å²) in [5, 5.41) is 7.66. The summed E-state index contributed by atoms with van der Waals surface area (Å²) < 4.78 is 29.2. The van der Waals surface area contributed by atoms with Crippen molar-refractivity contribution >= 4 is 10.0 Å². The van der Waals surface area contributed by atoms with Crippen LogP contribution in [0.4, 0.5) is 0 Å². The van der Waals surface area contributed by atoms with Crippen molar-refractivity contribution in [3.63, 3.8) is 0 Å². The van der Waals surface area contributed by atoms with Crippen LogP contribution in [0.5, 0.6) is 0 Å². The molecule has 0 saturated carbocycles. The van der Waals surface area contributed by atoms with Gasteiger partial charge in [0.2, 0.25) is 10.0 Å². The average molecular weight is 309 g/mol. The van der Waals surface area contributed by atoms with Gasteiger partial charge in [-0.25, -0.2) is 13.1 Å². The van der Waals surface area contributed by atoms with Crippen molar-refractivity contribution < 1.29 is 8.42 Å². The molecule has 0 spiro atoms. The van der Waals surface area contributed by atoms with Crippen molar-refractivity contribution in [3.05, 3.63) is 41.5 Å². The lowest BCUT2D eigenvalue weighted by Gasteiger charge is -2.15. The molecule has 0 fully saturated rings. The summed E-state index contributed by atoms with van der Waals surface area (Å²) in [5.41, 5.74) is 7.12. The van der Waals surface area contributed by atoms with Crippen LogP contribution < -0.4 is 10.5 Å². The first kappa shape index (κ1) is 15.6. The molecule has 3 N–H and O–H groups in total. The molecule has 0 amide bonds. The zero-order chi connectivity index (χ0) is 15.6. The minimum Gasteiger partial charge on any atom is -0.326 e. The van der Waals surface area contributed by atoms with Crippen molar-refractivity contribution in [2.45, 2.75) is 31.3 Å². The van der Waals surface area contributed by atoms with Crippen molar-refractivity contribution in [2.75, 3.05) is 0 Å². The molecule has 0 bridgehead atoms. The molecule has 2 rings (SSSR count). The van der Waals surface area contributed by atoms with Crippen LogP contribution in [0.2, 0.25) is 0 Å². The highest BCUT2D eigenvalue weighted by Crippen LogP contribution is 2.19. The van der Waals surface area contributed by atoms with Gasteiger partial charge in [-0.05, 0) is 31.0 Å². The maximum atomic E-state index is 12.5. The third kappa shape index (κ3) is 3.29. The van der Waals surface area contributed by atoms with Gasteiger partial charge in [-0.2, -0.15) is 0 Å². The molecule has 0 aliphatic heterocycles. The van der Waals surface area contributed by atoms with Crippen molar-refractivity contribution in [1.82, 2.24) is 19.5 Å². The summed E-state index contributed by atoms with van der Waals surface area (Å²) in [6, 6.07) is 4.59. The van der Waals surface area contributed by atoms with Gasteiger partial charge in [0, 0.05) is 13.6 Å². The summed E-state index contributed by atoms with van der Waals surface area (Å²) in [5.74, 6) is 0.551. The largest absolute Gasteiger partial charge is 0.326 e. The van der Waals surface area contributed by atoms with Crippen LogP contribution in [0.3, 0.4) is 0 Å². The van der Waals surface area contributed by atoms with Crippen LogP contribution in [-0.4, -0.2) is 23.2 Å². The van der Waals surface area contributed by atoms with Crippen molar-refractivity contribution in [1.29, 1.82) is 0 Å². The highest BCUT2D eigenvalue weighted by molar-refractivity contribution is 7.89. The number of nitrogens with two attached hydrogens (primary N) is 1. The minimum atomic E-state index is -3.63. The first-order valence-corrected chi connectivity index (χ1v) is 7.99. The van der Waals surface area contributed by atoms with E-state index in [1.807, 2.05) is 0 Å². The van der Waals surface area contributed by atoms with Gasteiger partial charge in [-0.15, -0.1) is 10.2 Å². The molecule has 0 radical (unpaired) electrons. The highest BCUT2D eigenvalue weighted by Gasteiger charge is 2.22. The molecule has 1 aromatic carbocycles. The van der Waals surface area contributed by atoms with Gasteiger partial charge in [-0.3, -0.25) is 0 Å². The maximum absolute atomic E-state index is 12.5. The molecule has 7 nitrogen and oxygen atoms in total. The van der Waals surface area contributed by atoms with Gasteiger partial charge in [0.15, 0.2) is 0 Å². The summed E-state index contributed by atoms with van der Waals surface area (Å²) in [7, 11) is -1.86. The Morgan fingerprint density at radius 1 is 1.43 bits per heavy atom. The van der Waals surface area contributed by atoms with Gasteiger partial charge in [0.25, 0.3) is 0 Å². The molecule has 0 aliphatic carbocycles. The number of hydrogen-bond acceptors (Lipinski definition) is 5. The predicted molar refractivity (Wildman–Crippen MR) is 78.8 cm³/mol. The number of aromatic nitrogens is 3. The van der Waals surface area contributed by atoms with E-state index in [2.05, 4.69) is 14.9 Å². The molecule has 8 heteroatoms. The molecular weight excluding hydrogens is 290 g/mol. The third-order valence-electron chi connectivity index (χ3n) is 3.23. The number of nitrogens with one attached hydrogen (secondary N) is 1. The smallest absolute Gasteiger partial charge is 0.241 e. The number of aryl methyl sites for hydroxylation is 2. The van der Waals surface area contributed by atoms with Gasteiger partial charge in [0.1, 0.15) is 12.2 Å². The topological polar surface area (TPSA) is 103 Å². The first-order valence-electron chi connectivity index (χ1n) is 6.51. The van der Waals surface area contributed by atoms with Gasteiger partial charge in [-0.1, -0.05) is 12.1 Å².